The van der Waals surface area contributed by atoms with Crippen LogP contribution in [0.5, 0.6) is 0 Å². The first-order valence-corrected chi connectivity index (χ1v) is 3.63. The number of amides is 1. The number of carbonyl (C=O) groups is 1. The SMILES string of the molecule is NC(=O)SC1CCC1. The molecule has 0 saturated heterocycles. The van der Waals surface area contributed by atoms with E-state index in [1.165, 1.54) is 31.0 Å². The van der Waals surface area contributed by atoms with Gasteiger partial charge in [0.05, 0.1) is 0 Å². The minimum absolute atomic E-state index is 0.227. The number of thioether (sulfide) groups is 1. The molecular formula is C5H9NOS. The van der Waals surface area contributed by atoms with Crippen LogP contribution < -0.4 is 5.73 Å². The van der Waals surface area contributed by atoms with Crippen molar-refractivity contribution in [2.75, 3.05) is 0 Å². The maximum absolute atomic E-state index is 10.2. The molecule has 0 aromatic carbocycles. The Hall–Kier alpha value is -0.180. The van der Waals surface area contributed by atoms with E-state index in [0.29, 0.717) is 5.25 Å². The molecule has 46 valence electrons. The first-order valence-electron chi connectivity index (χ1n) is 2.75. The summed E-state index contributed by atoms with van der Waals surface area (Å²) in [6.45, 7) is 0. The van der Waals surface area contributed by atoms with Crippen LogP contribution in [-0.2, 0) is 0 Å². The molecule has 1 amide bonds. The maximum Gasteiger partial charge on any atom is 0.276 e. The highest BCUT2D eigenvalue weighted by Crippen LogP contribution is 2.30. The van der Waals surface area contributed by atoms with Crippen LogP contribution in [0.3, 0.4) is 0 Å². The predicted molar refractivity (Wildman–Crippen MR) is 34.8 cm³/mol. The molecule has 2 nitrogen and oxygen atoms in total. The zero-order valence-electron chi connectivity index (χ0n) is 4.59. The normalized spacial score (nSPS) is 20.0. The van der Waals surface area contributed by atoms with Crippen molar-refractivity contribution in [1.82, 2.24) is 0 Å². The standard InChI is InChI=1S/C5H9NOS/c6-5(7)8-4-2-1-3-4/h4H,1-3H2,(H2,6,7). The van der Waals surface area contributed by atoms with Crippen LogP contribution >= 0.6 is 11.8 Å². The molecule has 0 aromatic heterocycles. The summed E-state index contributed by atoms with van der Waals surface area (Å²) in [5.74, 6) is 0. The van der Waals surface area contributed by atoms with Crippen LogP contribution in [0.15, 0.2) is 0 Å². The summed E-state index contributed by atoms with van der Waals surface area (Å²) in [7, 11) is 0. The largest absolute Gasteiger partial charge is 0.361 e. The highest BCUT2D eigenvalue weighted by Gasteiger charge is 2.19. The van der Waals surface area contributed by atoms with Crippen molar-refractivity contribution in [3.05, 3.63) is 0 Å². The predicted octanol–water partition coefficient (Wildman–Crippen LogP) is 1.35. The molecule has 1 aliphatic carbocycles. The molecule has 1 aliphatic rings. The molecule has 0 aliphatic heterocycles. The Morgan fingerprint density at radius 2 is 2.25 bits per heavy atom. The quantitative estimate of drug-likeness (QED) is 0.583. The number of nitrogens with two attached hydrogens (primary N) is 1. The molecule has 0 spiro atoms. The second-order valence-corrected chi connectivity index (χ2v) is 3.29. The fourth-order valence-corrected chi connectivity index (χ4v) is 1.55. The lowest BCUT2D eigenvalue weighted by Gasteiger charge is -2.22. The maximum atomic E-state index is 10.2. The van der Waals surface area contributed by atoms with Crippen LogP contribution in [0.2, 0.25) is 0 Å². The van der Waals surface area contributed by atoms with Crippen LogP contribution in [0.1, 0.15) is 19.3 Å². The van der Waals surface area contributed by atoms with Gasteiger partial charge in [0, 0.05) is 5.25 Å². The van der Waals surface area contributed by atoms with E-state index in [0.717, 1.165) is 0 Å². The van der Waals surface area contributed by atoms with Gasteiger partial charge in [-0.3, -0.25) is 4.79 Å². The highest BCUT2D eigenvalue weighted by atomic mass is 32.2. The van der Waals surface area contributed by atoms with Crippen molar-refractivity contribution < 1.29 is 4.79 Å². The summed E-state index contributed by atoms with van der Waals surface area (Å²) in [4.78, 5) is 10.2. The molecule has 2 N–H and O–H groups in total. The van der Waals surface area contributed by atoms with E-state index in [1.54, 1.807) is 0 Å². The van der Waals surface area contributed by atoms with Gasteiger partial charge >= 0.3 is 0 Å². The van der Waals surface area contributed by atoms with Crippen molar-refractivity contribution in [3.8, 4) is 0 Å². The Morgan fingerprint density at radius 3 is 2.38 bits per heavy atom. The molecule has 0 unspecified atom stereocenters. The summed E-state index contributed by atoms with van der Waals surface area (Å²) in [5.41, 5.74) is 4.93. The van der Waals surface area contributed by atoms with E-state index in [2.05, 4.69) is 0 Å². The van der Waals surface area contributed by atoms with Crippen LogP contribution in [0.4, 0.5) is 4.79 Å². The Morgan fingerprint density at radius 1 is 1.62 bits per heavy atom. The second-order valence-electron chi connectivity index (χ2n) is 1.99. The third-order valence-electron chi connectivity index (χ3n) is 1.34. The van der Waals surface area contributed by atoms with Gasteiger partial charge in [-0.1, -0.05) is 18.2 Å². The van der Waals surface area contributed by atoms with Gasteiger partial charge < -0.3 is 5.73 Å². The first-order chi connectivity index (χ1) is 3.79. The zero-order valence-corrected chi connectivity index (χ0v) is 5.41. The third-order valence-corrected chi connectivity index (χ3v) is 2.37. The monoisotopic (exact) mass is 131 g/mol. The molecule has 0 atom stereocenters. The average molecular weight is 131 g/mol. The number of hydrogen-bond acceptors (Lipinski definition) is 2. The molecule has 3 heteroatoms. The fourth-order valence-electron chi connectivity index (χ4n) is 0.653. The smallest absolute Gasteiger partial charge is 0.276 e. The molecule has 0 aromatic rings. The first kappa shape index (κ1) is 5.95. The summed E-state index contributed by atoms with van der Waals surface area (Å²) < 4.78 is 0. The molecule has 0 heterocycles. The lowest BCUT2D eigenvalue weighted by molar-refractivity contribution is 0.267. The van der Waals surface area contributed by atoms with Gasteiger partial charge in [-0.05, 0) is 12.8 Å². The van der Waals surface area contributed by atoms with Crippen molar-refractivity contribution in [2.24, 2.45) is 5.73 Å². The van der Waals surface area contributed by atoms with E-state index in [4.69, 9.17) is 5.73 Å². The van der Waals surface area contributed by atoms with Crippen molar-refractivity contribution >= 4 is 17.0 Å². The van der Waals surface area contributed by atoms with Crippen LogP contribution in [0.25, 0.3) is 0 Å². The average Bonchev–Trinajstić information content (AvgIpc) is 1.55. The topological polar surface area (TPSA) is 43.1 Å². The van der Waals surface area contributed by atoms with Crippen LogP contribution in [-0.4, -0.2) is 10.5 Å². The third kappa shape index (κ3) is 1.40. The lowest BCUT2D eigenvalue weighted by Crippen LogP contribution is -2.18. The second kappa shape index (κ2) is 2.40. The van der Waals surface area contributed by atoms with Gasteiger partial charge in [-0.2, -0.15) is 0 Å². The molecule has 0 bridgehead atoms. The van der Waals surface area contributed by atoms with E-state index in [1.807, 2.05) is 0 Å². The molecular weight excluding hydrogens is 122 g/mol. The number of rotatable bonds is 1. The Labute approximate surface area is 52.8 Å². The zero-order chi connectivity index (χ0) is 5.98. The summed E-state index contributed by atoms with van der Waals surface area (Å²) in [6.07, 6.45) is 3.62. The molecule has 8 heavy (non-hydrogen) atoms. The Kier molecular flexibility index (Phi) is 1.78. The van der Waals surface area contributed by atoms with E-state index in [9.17, 15) is 4.79 Å². The van der Waals surface area contributed by atoms with E-state index >= 15 is 0 Å². The van der Waals surface area contributed by atoms with Gasteiger partial charge in [0.2, 0.25) is 0 Å². The van der Waals surface area contributed by atoms with Gasteiger partial charge in [-0.25, -0.2) is 0 Å². The van der Waals surface area contributed by atoms with E-state index in [-0.39, 0.29) is 5.24 Å². The summed E-state index contributed by atoms with van der Waals surface area (Å²) >= 11 is 1.28. The summed E-state index contributed by atoms with van der Waals surface area (Å²) in [5, 5.41) is 0.321. The molecule has 1 saturated carbocycles. The minimum Gasteiger partial charge on any atom is -0.361 e. The molecule has 1 fully saturated rings. The van der Waals surface area contributed by atoms with Gasteiger partial charge in [0.1, 0.15) is 0 Å². The van der Waals surface area contributed by atoms with Crippen molar-refractivity contribution in [3.63, 3.8) is 0 Å². The number of primary amides is 1. The number of carbonyl (C=O) groups excluding carboxylic acids is 1. The molecule has 1 rings (SSSR count). The van der Waals surface area contributed by atoms with Crippen molar-refractivity contribution in [1.29, 1.82) is 0 Å². The van der Waals surface area contributed by atoms with Crippen LogP contribution in [0, 0.1) is 0 Å². The lowest BCUT2D eigenvalue weighted by atomic mass is 10.0. The Bertz CT molecular complexity index is 101. The van der Waals surface area contributed by atoms with Crippen molar-refractivity contribution in [2.45, 2.75) is 24.5 Å². The van der Waals surface area contributed by atoms with E-state index < -0.39 is 0 Å². The highest BCUT2D eigenvalue weighted by molar-refractivity contribution is 8.14. The fraction of sp³-hybridized carbons (Fsp3) is 0.800. The van der Waals surface area contributed by atoms with Gasteiger partial charge in [0.25, 0.3) is 5.24 Å². The minimum atomic E-state index is -0.227. The number of hydrogen-bond donors (Lipinski definition) is 1. The van der Waals surface area contributed by atoms with Gasteiger partial charge in [-0.15, -0.1) is 0 Å². The van der Waals surface area contributed by atoms with Gasteiger partial charge in [0.15, 0.2) is 0 Å². The molecule has 0 radical (unpaired) electrons. The Balaban J connectivity index is 2.09. The summed E-state index contributed by atoms with van der Waals surface area (Å²) in [6, 6.07) is 0.